The lowest BCUT2D eigenvalue weighted by Crippen LogP contribution is -2.26. The smallest absolute Gasteiger partial charge is 0.137 e. The number of anilines is 3. The number of rotatable bonds is 5. The molecule has 1 aromatic heterocycles. The van der Waals surface area contributed by atoms with E-state index in [1.165, 1.54) is 77.5 Å². The molecule has 2 aliphatic carbocycles. The average molecular weight is 776 g/mol. The van der Waals surface area contributed by atoms with Gasteiger partial charge in [0, 0.05) is 16.8 Å². The molecular weight excluding hydrogens is 739 g/mol. The zero-order valence-electron chi connectivity index (χ0n) is 33.2. The molecule has 0 N–H and O–H groups in total. The van der Waals surface area contributed by atoms with Gasteiger partial charge in [0.25, 0.3) is 0 Å². The molecule has 0 amide bonds. The Hall–Kier alpha value is -7.94. The molecule has 0 aliphatic heterocycles. The third kappa shape index (κ3) is 4.79. The Morgan fingerprint density at radius 2 is 0.836 bits per heavy atom. The molecule has 0 saturated heterocycles. The van der Waals surface area contributed by atoms with E-state index in [2.05, 4.69) is 229 Å². The van der Waals surface area contributed by atoms with Gasteiger partial charge in [-0.15, -0.1) is 0 Å². The van der Waals surface area contributed by atoms with E-state index in [1.807, 2.05) is 0 Å². The van der Waals surface area contributed by atoms with Crippen molar-refractivity contribution < 1.29 is 4.42 Å². The largest absolute Gasteiger partial charge is 0.456 e. The number of benzene rings is 10. The third-order valence-electron chi connectivity index (χ3n) is 13.3. The lowest BCUT2D eigenvalue weighted by molar-refractivity contribution is 0.669. The summed E-state index contributed by atoms with van der Waals surface area (Å²) in [5.41, 5.74) is 19.7. The maximum absolute atomic E-state index is 6.91. The van der Waals surface area contributed by atoms with Crippen LogP contribution in [0.25, 0.3) is 77.2 Å². The van der Waals surface area contributed by atoms with Gasteiger partial charge in [-0.2, -0.15) is 0 Å². The van der Waals surface area contributed by atoms with Crippen molar-refractivity contribution in [1.82, 2.24) is 0 Å². The lowest BCUT2D eigenvalue weighted by atomic mass is 9.70. The Labute approximate surface area is 354 Å². The molecule has 13 rings (SSSR count). The molecule has 1 heterocycles. The van der Waals surface area contributed by atoms with Crippen molar-refractivity contribution in [2.75, 3.05) is 4.90 Å². The minimum absolute atomic E-state index is 0.462. The zero-order chi connectivity index (χ0) is 40.1. The molecule has 2 nitrogen and oxygen atoms in total. The highest BCUT2D eigenvalue weighted by Crippen LogP contribution is 2.63. The van der Waals surface area contributed by atoms with Crippen LogP contribution in [0.3, 0.4) is 0 Å². The van der Waals surface area contributed by atoms with E-state index < -0.39 is 5.41 Å². The molecule has 0 unspecified atom stereocenters. The molecule has 10 aromatic carbocycles. The maximum atomic E-state index is 6.91. The fourth-order valence-electron chi connectivity index (χ4n) is 10.8. The molecule has 2 aliphatic rings. The standard InChI is InChI=1S/C59H37NO/c1-3-16-38(17-4-1)39-30-32-41(33-31-39)60(54-28-15-29-55-58(54)57-48-24-8-7-20-43(48)49(37-56(57)61-55)40-18-5-2-6-19-40)42-34-35-47-46-23-11-14-27-52(46)59(53(47)36-42)50-25-12-9-21-44(50)45-22-10-13-26-51(45)59/h1-37H. The van der Waals surface area contributed by atoms with Gasteiger partial charge in [-0.25, -0.2) is 0 Å². The first kappa shape index (κ1) is 34.0. The van der Waals surface area contributed by atoms with Gasteiger partial charge in [-0.05, 0) is 120 Å². The Morgan fingerprint density at radius 3 is 1.49 bits per heavy atom. The minimum atomic E-state index is -0.462. The summed E-state index contributed by atoms with van der Waals surface area (Å²) in [6.45, 7) is 0. The molecule has 1 spiro atoms. The van der Waals surface area contributed by atoms with Crippen molar-refractivity contribution in [3.8, 4) is 44.5 Å². The second-order valence-corrected chi connectivity index (χ2v) is 16.3. The molecule has 0 fully saturated rings. The first-order valence-electron chi connectivity index (χ1n) is 21.1. The number of nitrogens with zero attached hydrogens (tertiary/aromatic N) is 1. The van der Waals surface area contributed by atoms with E-state index in [9.17, 15) is 0 Å². The summed E-state index contributed by atoms with van der Waals surface area (Å²) in [6, 6.07) is 82.1. The van der Waals surface area contributed by atoms with E-state index in [4.69, 9.17) is 4.42 Å². The van der Waals surface area contributed by atoms with Crippen molar-refractivity contribution in [3.05, 3.63) is 247 Å². The highest BCUT2D eigenvalue weighted by molar-refractivity contribution is 6.25. The van der Waals surface area contributed by atoms with E-state index in [0.717, 1.165) is 39.0 Å². The van der Waals surface area contributed by atoms with Gasteiger partial charge in [-0.3, -0.25) is 0 Å². The van der Waals surface area contributed by atoms with E-state index in [-0.39, 0.29) is 0 Å². The Morgan fingerprint density at radius 1 is 0.311 bits per heavy atom. The fraction of sp³-hybridized carbons (Fsp3) is 0.0169. The van der Waals surface area contributed by atoms with Gasteiger partial charge in [0.1, 0.15) is 11.2 Å². The monoisotopic (exact) mass is 775 g/mol. The van der Waals surface area contributed by atoms with Gasteiger partial charge in [0.05, 0.1) is 16.5 Å². The first-order chi connectivity index (χ1) is 30.3. The summed E-state index contributed by atoms with van der Waals surface area (Å²) in [6.07, 6.45) is 0. The molecule has 11 aromatic rings. The molecular formula is C59H37NO. The van der Waals surface area contributed by atoms with Gasteiger partial charge in [0.15, 0.2) is 0 Å². The number of furan rings is 1. The van der Waals surface area contributed by atoms with Gasteiger partial charge in [0.2, 0.25) is 0 Å². The number of hydrogen-bond acceptors (Lipinski definition) is 2. The normalized spacial score (nSPS) is 13.0. The van der Waals surface area contributed by atoms with E-state index in [1.54, 1.807) is 0 Å². The van der Waals surface area contributed by atoms with Crippen LogP contribution in [0.4, 0.5) is 17.1 Å². The minimum Gasteiger partial charge on any atom is -0.456 e. The third-order valence-corrected chi connectivity index (χ3v) is 13.3. The van der Waals surface area contributed by atoms with Gasteiger partial charge in [-0.1, -0.05) is 182 Å². The topological polar surface area (TPSA) is 16.4 Å². The van der Waals surface area contributed by atoms with Crippen LogP contribution in [0.15, 0.2) is 229 Å². The Bertz CT molecular complexity index is 3460. The predicted molar refractivity (Wildman–Crippen MR) is 253 cm³/mol. The van der Waals surface area contributed by atoms with Crippen LogP contribution < -0.4 is 4.90 Å². The summed E-state index contributed by atoms with van der Waals surface area (Å²) >= 11 is 0. The van der Waals surface area contributed by atoms with E-state index >= 15 is 0 Å². The van der Waals surface area contributed by atoms with Crippen LogP contribution in [-0.4, -0.2) is 0 Å². The van der Waals surface area contributed by atoms with Gasteiger partial charge < -0.3 is 9.32 Å². The molecule has 0 bridgehead atoms. The summed E-state index contributed by atoms with van der Waals surface area (Å²) in [7, 11) is 0. The average Bonchev–Trinajstić information content (AvgIpc) is 3.97. The van der Waals surface area contributed by atoms with Crippen molar-refractivity contribution in [3.63, 3.8) is 0 Å². The molecule has 2 heteroatoms. The molecule has 0 saturated carbocycles. The molecule has 0 atom stereocenters. The van der Waals surface area contributed by atoms with Crippen LogP contribution in [0, 0.1) is 0 Å². The quantitative estimate of drug-likeness (QED) is 0.173. The maximum Gasteiger partial charge on any atom is 0.137 e. The lowest BCUT2D eigenvalue weighted by Gasteiger charge is -2.32. The SMILES string of the molecule is c1ccc(-c2ccc(N(c3ccc4c(c3)C3(c5ccccc5-c5ccccc53)c3ccccc3-4)c3cccc4oc5cc(-c6ccccc6)c6ccccc6c5c34)cc2)cc1. The second kappa shape index (κ2) is 13.0. The number of fused-ring (bicyclic) bond motifs is 15. The fourth-order valence-corrected chi connectivity index (χ4v) is 10.8. The number of hydrogen-bond donors (Lipinski definition) is 0. The summed E-state index contributed by atoms with van der Waals surface area (Å²) in [5, 5.41) is 4.59. The van der Waals surface area contributed by atoms with Crippen LogP contribution in [-0.2, 0) is 5.41 Å². The zero-order valence-corrected chi connectivity index (χ0v) is 33.2. The van der Waals surface area contributed by atoms with Crippen molar-refractivity contribution in [2.45, 2.75) is 5.41 Å². The van der Waals surface area contributed by atoms with Crippen LogP contribution in [0.5, 0.6) is 0 Å². The Balaban J connectivity index is 1.10. The predicted octanol–water partition coefficient (Wildman–Crippen LogP) is 15.9. The highest BCUT2D eigenvalue weighted by atomic mass is 16.3. The summed E-state index contributed by atoms with van der Waals surface area (Å²) in [4.78, 5) is 2.45. The highest BCUT2D eigenvalue weighted by Gasteiger charge is 2.51. The summed E-state index contributed by atoms with van der Waals surface area (Å²) in [5.74, 6) is 0. The van der Waals surface area contributed by atoms with Crippen molar-refractivity contribution in [2.24, 2.45) is 0 Å². The van der Waals surface area contributed by atoms with Gasteiger partial charge >= 0.3 is 0 Å². The molecule has 0 radical (unpaired) electrons. The van der Waals surface area contributed by atoms with Crippen molar-refractivity contribution >= 4 is 49.8 Å². The summed E-state index contributed by atoms with van der Waals surface area (Å²) < 4.78 is 6.91. The van der Waals surface area contributed by atoms with Crippen LogP contribution >= 0.6 is 0 Å². The Kier molecular flexibility index (Phi) is 7.26. The molecule has 284 valence electrons. The van der Waals surface area contributed by atoms with Crippen molar-refractivity contribution in [1.29, 1.82) is 0 Å². The second-order valence-electron chi connectivity index (χ2n) is 16.3. The first-order valence-corrected chi connectivity index (χ1v) is 21.1. The van der Waals surface area contributed by atoms with E-state index in [0.29, 0.717) is 0 Å². The van der Waals surface area contributed by atoms with Crippen LogP contribution in [0.2, 0.25) is 0 Å². The molecule has 61 heavy (non-hydrogen) atoms. The van der Waals surface area contributed by atoms with Crippen LogP contribution in [0.1, 0.15) is 22.3 Å².